The van der Waals surface area contributed by atoms with Gasteiger partial charge in [0.15, 0.2) is 0 Å². The molecule has 2 aromatic rings. The van der Waals surface area contributed by atoms with Gasteiger partial charge in [-0.05, 0) is 60.4 Å². The molecule has 2 aliphatic rings. The summed E-state index contributed by atoms with van der Waals surface area (Å²) in [6.07, 6.45) is 8.42. The molecule has 0 spiro atoms. The Balaban J connectivity index is 1.89. The molecule has 4 rings (SSSR count). The van der Waals surface area contributed by atoms with Gasteiger partial charge in [-0.1, -0.05) is 47.5 Å². The Kier molecular flexibility index (Phi) is 5.47. The number of carbonyl (C=O) groups excluding carboxylic acids is 1. The van der Waals surface area contributed by atoms with Gasteiger partial charge in [0, 0.05) is 27.9 Å². The Morgan fingerprint density at radius 2 is 1.68 bits per heavy atom. The average Bonchev–Trinajstić information content (AvgIpc) is 2.73. The smallest absolute Gasteiger partial charge is 0.312 e. The minimum absolute atomic E-state index is 0.0328. The highest BCUT2D eigenvalue weighted by Gasteiger charge is 2.44. The molecule has 0 fully saturated rings. The molecule has 5 heteroatoms. The summed E-state index contributed by atoms with van der Waals surface area (Å²) >= 11 is 12.2. The fourth-order valence-electron chi connectivity index (χ4n) is 4.20. The van der Waals surface area contributed by atoms with Crippen molar-refractivity contribution < 1.29 is 9.53 Å². The maximum atomic E-state index is 12.9. The first-order valence-electron chi connectivity index (χ1n) is 9.33. The quantitative estimate of drug-likeness (QED) is 0.443. The Labute approximate surface area is 175 Å². The predicted molar refractivity (Wildman–Crippen MR) is 114 cm³/mol. The third-order valence-electron chi connectivity index (χ3n) is 5.51. The summed E-state index contributed by atoms with van der Waals surface area (Å²) in [6.45, 7) is 0. The Morgan fingerprint density at radius 3 is 2.32 bits per heavy atom. The zero-order chi connectivity index (χ0) is 19.7. The molecule has 144 valence electrons. The molecule has 0 N–H and O–H groups in total. The van der Waals surface area contributed by atoms with Crippen molar-refractivity contribution in [3.8, 4) is 0 Å². The van der Waals surface area contributed by atoms with Crippen molar-refractivity contribution in [2.75, 3.05) is 12.0 Å². The molecule has 2 aromatic carbocycles. The van der Waals surface area contributed by atoms with E-state index in [4.69, 9.17) is 27.9 Å². The van der Waals surface area contributed by atoms with Crippen LogP contribution in [0.15, 0.2) is 72.5 Å². The molecule has 0 saturated carbocycles. The van der Waals surface area contributed by atoms with Crippen LogP contribution in [0.2, 0.25) is 10.0 Å². The summed E-state index contributed by atoms with van der Waals surface area (Å²) in [5, 5.41) is 1.35. The van der Waals surface area contributed by atoms with E-state index in [9.17, 15) is 4.79 Å². The standard InChI is InChI=1S/C23H21Cl2NO2/c1-28-23(27)21-20-5-3-2-4-16(20)14-26(19-12-10-18(25)11-13-19)22(21)15-6-8-17(24)9-7-15/h3,5-14,20-22H,2,4H2,1H3/t20-,21-,22-/m1/s1. The van der Waals surface area contributed by atoms with Crippen molar-refractivity contribution in [2.45, 2.75) is 18.9 Å². The van der Waals surface area contributed by atoms with Gasteiger partial charge in [0.2, 0.25) is 0 Å². The van der Waals surface area contributed by atoms with Gasteiger partial charge < -0.3 is 9.64 Å². The fraction of sp³-hybridized carbons (Fsp3) is 0.261. The number of ether oxygens (including phenoxy) is 1. The number of nitrogens with zero attached hydrogens (tertiary/aromatic N) is 1. The van der Waals surface area contributed by atoms with Gasteiger partial charge in [0.25, 0.3) is 0 Å². The van der Waals surface area contributed by atoms with Crippen LogP contribution in [0.25, 0.3) is 0 Å². The minimum Gasteiger partial charge on any atom is -0.469 e. The third-order valence-corrected chi connectivity index (χ3v) is 6.02. The topological polar surface area (TPSA) is 29.5 Å². The number of allylic oxidation sites excluding steroid dienone is 3. The Hall–Kier alpha value is -2.23. The van der Waals surface area contributed by atoms with E-state index in [1.807, 2.05) is 48.5 Å². The van der Waals surface area contributed by atoms with Crippen LogP contribution in [-0.2, 0) is 9.53 Å². The number of anilines is 1. The molecule has 0 amide bonds. The van der Waals surface area contributed by atoms with Gasteiger partial charge in [-0.2, -0.15) is 0 Å². The van der Waals surface area contributed by atoms with Crippen molar-refractivity contribution in [3.63, 3.8) is 0 Å². The predicted octanol–water partition coefficient (Wildman–Crippen LogP) is 6.19. The van der Waals surface area contributed by atoms with Gasteiger partial charge in [-0.3, -0.25) is 4.79 Å². The van der Waals surface area contributed by atoms with Gasteiger partial charge in [-0.25, -0.2) is 0 Å². The number of carbonyl (C=O) groups is 1. The molecule has 0 saturated heterocycles. The Bertz CT molecular complexity index is 919. The lowest BCUT2D eigenvalue weighted by Gasteiger charge is -2.44. The largest absolute Gasteiger partial charge is 0.469 e. The molecule has 0 unspecified atom stereocenters. The number of methoxy groups -OCH3 is 1. The molecule has 28 heavy (non-hydrogen) atoms. The first kappa shape index (κ1) is 19.1. The number of rotatable bonds is 3. The van der Waals surface area contributed by atoms with E-state index in [-0.39, 0.29) is 23.8 Å². The lowest BCUT2D eigenvalue weighted by molar-refractivity contribution is -0.147. The molecule has 0 aromatic heterocycles. The van der Waals surface area contributed by atoms with Crippen LogP contribution in [-0.4, -0.2) is 13.1 Å². The zero-order valence-corrected chi connectivity index (χ0v) is 17.0. The fourth-order valence-corrected chi connectivity index (χ4v) is 4.45. The van der Waals surface area contributed by atoms with Crippen LogP contribution in [0.1, 0.15) is 24.4 Å². The maximum Gasteiger partial charge on any atom is 0.312 e. The molecular formula is C23H21Cl2NO2. The normalized spacial score (nSPS) is 23.8. The molecule has 1 aliphatic carbocycles. The van der Waals surface area contributed by atoms with Crippen molar-refractivity contribution in [3.05, 3.63) is 88.1 Å². The zero-order valence-electron chi connectivity index (χ0n) is 15.5. The maximum absolute atomic E-state index is 12.9. The SMILES string of the molecule is COC(=O)[C@@H]1[C@@H]2C=CCCC2=CN(c2ccc(Cl)cc2)[C@@H]1c1ccc(Cl)cc1. The molecule has 0 radical (unpaired) electrons. The van der Waals surface area contributed by atoms with Crippen LogP contribution < -0.4 is 4.90 Å². The third kappa shape index (κ3) is 3.57. The molecule has 1 heterocycles. The Morgan fingerprint density at radius 1 is 1.04 bits per heavy atom. The summed E-state index contributed by atoms with van der Waals surface area (Å²) in [7, 11) is 1.46. The first-order valence-corrected chi connectivity index (χ1v) is 10.1. The second-order valence-electron chi connectivity index (χ2n) is 7.13. The molecule has 3 atom stereocenters. The average molecular weight is 414 g/mol. The van der Waals surface area contributed by atoms with Crippen LogP contribution in [0.3, 0.4) is 0 Å². The van der Waals surface area contributed by atoms with Crippen molar-refractivity contribution in [2.24, 2.45) is 11.8 Å². The van der Waals surface area contributed by atoms with Gasteiger partial charge in [-0.15, -0.1) is 0 Å². The summed E-state index contributed by atoms with van der Waals surface area (Å²) < 4.78 is 5.24. The summed E-state index contributed by atoms with van der Waals surface area (Å²) in [5.74, 6) is -0.523. The lowest BCUT2D eigenvalue weighted by atomic mass is 9.72. The summed E-state index contributed by atoms with van der Waals surface area (Å²) in [4.78, 5) is 15.1. The first-order chi connectivity index (χ1) is 13.6. The highest BCUT2D eigenvalue weighted by Crippen LogP contribution is 2.47. The highest BCUT2D eigenvalue weighted by molar-refractivity contribution is 6.30. The van der Waals surface area contributed by atoms with Crippen LogP contribution in [0.5, 0.6) is 0 Å². The molecule has 3 nitrogen and oxygen atoms in total. The highest BCUT2D eigenvalue weighted by atomic mass is 35.5. The van der Waals surface area contributed by atoms with Gasteiger partial charge >= 0.3 is 5.97 Å². The van der Waals surface area contributed by atoms with Gasteiger partial charge in [0.1, 0.15) is 0 Å². The van der Waals surface area contributed by atoms with E-state index in [1.165, 1.54) is 12.7 Å². The second kappa shape index (κ2) is 8.02. The minimum atomic E-state index is -0.349. The number of hydrogen-bond acceptors (Lipinski definition) is 3. The molecular weight excluding hydrogens is 393 g/mol. The van der Waals surface area contributed by atoms with Crippen LogP contribution in [0, 0.1) is 11.8 Å². The summed E-state index contributed by atoms with van der Waals surface area (Å²) in [5.41, 5.74) is 3.25. The number of hydrogen-bond donors (Lipinski definition) is 0. The summed E-state index contributed by atoms with van der Waals surface area (Å²) in [6, 6.07) is 15.2. The van der Waals surface area contributed by atoms with Crippen molar-refractivity contribution in [1.82, 2.24) is 0 Å². The molecule has 0 bridgehead atoms. The van der Waals surface area contributed by atoms with Crippen molar-refractivity contribution >= 4 is 34.9 Å². The van der Waals surface area contributed by atoms with E-state index in [2.05, 4.69) is 23.3 Å². The van der Waals surface area contributed by atoms with Crippen LogP contribution in [0.4, 0.5) is 5.69 Å². The number of halogens is 2. The van der Waals surface area contributed by atoms with E-state index < -0.39 is 0 Å². The number of benzene rings is 2. The van der Waals surface area contributed by atoms with E-state index in [1.54, 1.807) is 0 Å². The number of esters is 1. The second-order valence-corrected chi connectivity index (χ2v) is 8.00. The number of fused-ring (bicyclic) bond motifs is 1. The van der Waals surface area contributed by atoms with Gasteiger partial charge in [0.05, 0.1) is 19.1 Å². The van der Waals surface area contributed by atoms with Crippen LogP contribution >= 0.6 is 23.2 Å². The van der Waals surface area contributed by atoms with Crippen molar-refractivity contribution in [1.29, 1.82) is 0 Å². The monoisotopic (exact) mass is 413 g/mol. The van der Waals surface area contributed by atoms with E-state index in [0.29, 0.717) is 10.0 Å². The van der Waals surface area contributed by atoms with E-state index >= 15 is 0 Å². The molecule has 1 aliphatic heterocycles. The lowest BCUT2D eigenvalue weighted by Crippen LogP contribution is -2.43. The van der Waals surface area contributed by atoms with E-state index in [0.717, 1.165) is 24.1 Å².